The summed E-state index contributed by atoms with van der Waals surface area (Å²) in [4.78, 5) is 22.5. The summed E-state index contributed by atoms with van der Waals surface area (Å²) in [5.74, 6) is -1.88. The van der Waals surface area contributed by atoms with Gasteiger partial charge in [0, 0.05) is 68.9 Å². The maximum Gasteiger partial charge on any atom is 0.417 e. The van der Waals surface area contributed by atoms with Crippen molar-refractivity contribution in [3.05, 3.63) is 40.2 Å². The summed E-state index contributed by atoms with van der Waals surface area (Å²) in [6.45, 7) is 0. The summed E-state index contributed by atoms with van der Waals surface area (Å²) in [6, 6.07) is 3.20. The first-order valence-electron chi connectivity index (χ1n) is 7.73. The van der Waals surface area contributed by atoms with E-state index >= 15 is 0 Å². The first-order valence-corrected chi connectivity index (χ1v) is 7.73. The smallest absolute Gasteiger partial charge is 0.417 e. The molecule has 1 aliphatic heterocycles. The monoisotopic (exact) mass is 445 g/mol. The fourth-order valence-corrected chi connectivity index (χ4v) is 2.73. The number of rotatable bonds is 3. The topological polar surface area (TPSA) is 147 Å². The maximum atomic E-state index is 13.0. The Kier molecular flexibility index (Phi) is 7.52. The van der Waals surface area contributed by atoms with Crippen LogP contribution in [0.4, 0.5) is 13.2 Å². The molecule has 1 radical (unpaired) electrons. The van der Waals surface area contributed by atoms with Gasteiger partial charge in [0.2, 0.25) is 6.29 Å². The van der Waals surface area contributed by atoms with Gasteiger partial charge in [-0.15, -0.1) is 0 Å². The second-order valence-corrected chi connectivity index (χ2v) is 5.99. The van der Waals surface area contributed by atoms with Gasteiger partial charge in [-0.2, -0.15) is 13.2 Å². The standard InChI is InChI=1S/C16H13F3O9.K/c17-16(18,19)7-4-9(20)27-8-3-5(1-2-6(7)8)26-15-12(23)10(21)11(22)13(28-15)14(24)25;/h1-4,10-13,15,21-23H,(H,24,25);/t10-,11-,12+,13-,15+;/m0./s1. The van der Waals surface area contributed by atoms with Gasteiger partial charge in [-0.1, -0.05) is 0 Å². The number of aliphatic hydroxyl groups excluding tert-OH is 3. The number of aliphatic carboxylic acids is 1. The molecule has 1 aromatic carbocycles. The number of alkyl halides is 3. The molecule has 0 amide bonds. The molecule has 0 saturated carbocycles. The summed E-state index contributed by atoms with van der Waals surface area (Å²) in [5.41, 5.74) is -2.95. The number of hydrogen-bond acceptors (Lipinski definition) is 8. The van der Waals surface area contributed by atoms with Gasteiger partial charge in [-0.25, -0.2) is 9.59 Å². The zero-order chi connectivity index (χ0) is 20.8. The maximum absolute atomic E-state index is 13.0. The van der Waals surface area contributed by atoms with Gasteiger partial charge in [0.15, 0.2) is 6.10 Å². The SMILES string of the molecule is O=C(O)[C@H]1O[C@@H](Oc2ccc3c(C(F)(F)F)cc(=O)oc3c2)[C@H](O)[C@@H](O)[C@@H]1O.[K]. The summed E-state index contributed by atoms with van der Waals surface area (Å²) in [6.07, 6.45) is -14.2. The minimum absolute atomic E-state index is 0. The van der Waals surface area contributed by atoms with E-state index in [2.05, 4.69) is 0 Å². The Balaban J connectivity index is 0.00000300. The second-order valence-electron chi connectivity index (χ2n) is 5.99. The molecule has 3 rings (SSSR count). The van der Waals surface area contributed by atoms with Crippen molar-refractivity contribution in [2.24, 2.45) is 0 Å². The van der Waals surface area contributed by atoms with Crippen LogP contribution in [-0.2, 0) is 15.7 Å². The van der Waals surface area contributed by atoms with Crippen molar-refractivity contribution in [1.29, 1.82) is 0 Å². The number of carbonyl (C=O) groups is 1. The predicted molar refractivity (Wildman–Crippen MR) is 88.2 cm³/mol. The van der Waals surface area contributed by atoms with Crippen LogP contribution in [0.2, 0.25) is 0 Å². The van der Waals surface area contributed by atoms with Crippen LogP contribution in [-0.4, -0.2) is 108 Å². The van der Waals surface area contributed by atoms with Crippen LogP contribution < -0.4 is 10.4 Å². The Hall–Kier alpha value is -1.03. The van der Waals surface area contributed by atoms with E-state index in [0.717, 1.165) is 18.2 Å². The molecule has 5 atom stereocenters. The van der Waals surface area contributed by atoms with Gasteiger partial charge in [0.05, 0.1) is 5.56 Å². The number of halogens is 3. The molecule has 0 bridgehead atoms. The number of hydrogen-bond donors (Lipinski definition) is 4. The van der Waals surface area contributed by atoms with Crippen molar-refractivity contribution in [2.45, 2.75) is 36.9 Å². The summed E-state index contributed by atoms with van der Waals surface area (Å²) in [5, 5.41) is 37.8. The zero-order valence-corrected chi connectivity index (χ0v) is 17.8. The number of carboxylic acid groups (broad SMARTS) is 1. The first-order chi connectivity index (χ1) is 13.0. The van der Waals surface area contributed by atoms with E-state index in [1.165, 1.54) is 0 Å². The number of aliphatic hydroxyl groups is 3. The van der Waals surface area contributed by atoms with Crippen molar-refractivity contribution in [1.82, 2.24) is 0 Å². The molecule has 2 aromatic rings. The number of benzene rings is 1. The van der Waals surface area contributed by atoms with Gasteiger partial charge >= 0.3 is 17.8 Å². The molecule has 153 valence electrons. The van der Waals surface area contributed by atoms with Crippen molar-refractivity contribution in [3.8, 4) is 5.75 Å². The van der Waals surface area contributed by atoms with Gasteiger partial charge in [0.1, 0.15) is 29.6 Å². The van der Waals surface area contributed by atoms with E-state index in [0.29, 0.717) is 6.07 Å². The quantitative estimate of drug-likeness (QED) is 0.369. The van der Waals surface area contributed by atoms with E-state index in [9.17, 15) is 38.1 Å². The average molecular weight is 445 g/mol. The van der Waals surface area contributed by atoms with Crippen molar-refractivity contribution >= 4 is 68.3 Å². The molecule has 1 aliphatic rings. The predicted octanol–water partition coefficient (Wildman–Crippen LogP) is -0.298. The molecule has 29 heavy (non-hydrogen) atoms. The first kappa shape index (κ1) is 24.2. The second kappa shape index (κ2) is 8.99. The van der Waals surface area contributed by atoms with E-state index in [1.54, 1.807) is 0 Å². The van der Waals surface area contributed by atoms with Crippen LogP contribution in [0.3, 0.4) is 0 Å². The van der Waals surface area contributed by atoms with Crippen LogP contribution in [0.25, 0.3) is 11.0 Å². The van der Waals surface area contributed by atoms with Crippen molar-refractivity contribution in [2.75, 3.05) is 0 Å². The van der Waals surface area contributed by atoms with Crippen LogP contribution >= 0.6 is 0 Å². The molecule has 1 aromatic heterocycles. The van der Waals surface area contributed by atoms with Crippen LogP contribution in [0.5, 0.6) is 5.75 Å². The molecule has 1 fully saturated rings. The largest absolute Gasteiger partial charge is 0.479 e. The molecule has 13 heteroatoms. The molecular formula is C16H13F3KO9. The summed E-state index contributed by atoms with van der Waals surface area (Å²) < 4.78 is 54.0. The van der Waals surface area contributed by atoms with E-state index in [-0.39, 0.29) is 57.1 Å². The molecule has 9 nitrogen and oxygen atoms in total. The van der Waals surface area contributed by atoms with E-state index in [1.807, 2.05) is 0 Å². The van der Waals surface area contributed by atoms with Crippen LogP contribution in [0.1, 0.15) is 5.56 Å². The fourth-order valence-electron chi connectivity index (χ4n) is 2.73. The van der Waals surface area contributed by atoms with Crippen molar-refractivity contribution < 1.29 is 52.3 Å². The normalized spacial score (nSPS) is 27.3. The molecular weight excluding hydrogens is 432 g/mol. The minimum Gasteiger partial charge on any atom is -0.479 e. The third kappa shape index (κ3) is 5.00. The molecule has 2 heterocycles. The van der Waals surface area contributed by atoms with Gasteiger partial charge in [-0.3, -0.25) is 0 Å². The van der Waals surface area contributed by atoms with Gasteiger partial charge in [-0.05, 0) is 12.1 Å². The van der Waals surface area contributed by atoms with Gasteiger partial charge < -0.3 is 34.3 Å². The molecule has 1 saturated heterocycles. The van der Waals surface area contributed by atoms with Gasteiger partial charge in [0.25, 0.3) is 0 Å². The Labute approximate surface area is 202 Å². The van der Waals surface area contributed by atoms with E-state index < -0.39 is 65.0 Å². The Morgan fingerprint density at radius 3 is 2.31 bits per heavy atom. The Morgan fingerprint density at radius 1 is 1.07 bits per heavy atom. The minimum atomic E-state index is -4.81. The fraction of sp³-hybridized carbons (Fsp3) is 0.375. The zero-order valence-electron chi connectivity index (χ0n) is 14.7. The number of fused-ring (bicyclic) bond motifs is 1. The molecule has 4 N–H and O–H groups in total. The van der Waals surface area contributed by atoms with E-state index in [4.69, 9.17) is 19.0 Å². The average Bonchev–Trinajstić information content (AvgIpc) is 2.60. The summed E-state index contributed by atoms with van der Waals surface area (Å²) >= 11 is 0. The molecule has 0 aliphatic carbocycles. The molecule has 0 spiro atoms. The Bertz CT molecular complexity index is 961. The van der Waals surface area contributed by atoms with Crippen LogP contribution in [0, 0.1) is 0 Å². The van der Waals surface area contributed by atoms with Crippen LogP contribution in [0.15, 0.2) is 33.5 Å². The molecule has 0 unspecified atom stereocenters. The van der Waals surface area contributed by atoms with Crippen molar-refractivity contribution in [3.63, 3.8) is 0 Å². The number of ether oxygens (including phenoxy) is 2. The Morgan fingerprint density at radius 2 is 1.72 bits per heavy atom. The number of carboxylic acids is 1. The third-order valence-corrected chi connectivity index (χ3v) is 4.09. The summed E-state index contributed by atoms with van der Waals surface area (Å²) in [7, 11) is 0. The third-order valence-electron chi connectivity index (χ3n) is 4.09.